The Morgan fingerprint density at radius 1 is 1.09 bits per heavy atom. The Bertz CT molecular complexity index is 1850. The lowest BCUT2D eigenvalue weighted by Crippen LogP contribution is -2.29. The van der Waals surface area contributed by atoms with Gasteiger partial charge in [0.15, 0.2) is 16.7 Å². The number of aromatic nitrogens is 7. The molecule has 0 aliphatic carbocycles. The third-order valence-electron chi connectivity index (χ3n) is 6.25. The largest absolute Gasteiger partial charge is 0.464 e. The highest BCUT2D eigenvalue weighted by Gasteiger charge is 2.24. The summed E-state index contributed by atoms with van der Waals surface area (Å²) in [6, 6.07) is 11.0. The van der Waals surface area contributed by atoms with Gasteiger partial charge in [0.25, 0.3) is 0 Å². The minimum atomic E-state index is -0.837. The van der Waals surface area contributed by atoms with Gasteiger partial charge in [-0.15, -0.1) is 5.10 Å². The zero-order valence-corrected chi connectivity index (χ0v) is 25.0. The molecule has 0 saturated carbocycles. The lowest BCUT2D eigenvalue weighted by molar-refractivity contribution is -0.117. The number of methoxy groups -OCH3 is 2. The summed E-state index contributed by atoms with van der Waals surface area (Å²) in [4.78, 5) is 48.4. The number of hydrogen-bond acceptors (Lipinski definition) is 11. The minimum Gasteiger partial charge on any atom is -0.464 e. The van der Waals surface area contributed by atoms with E-state index in [1.807, 2.05) is 0 Å². The Morgan fingerprint density at radius 2 is 1.89 bits per heavy atom. The quantitative estimate of drug-likeness (QED) is 0.143. The van der Waals surface area contributed by atoms with Crippen molar-refractivity contribution >= 4 is 52.9 Å². The molecule has 0 aliphatic heterocycles. The summed E-state index contributed by atoms with van der Waals surface area (Å²) in [5, 5.41) is 17.2. The summed E-state index contributed by atoms with van der Waals surface area (Å²) in [6.45, 7) is 0. The summed E-state index contributed by atoms with van der Waals surface area (Å²) in [7, 11) is 2.49. The molecule has 45 heavy (non-hydrogen) atoms. The molecule has 0 bridgehead atoms. The highest BCUT2D eigenvalue weighted by Crippen LogP contribution is 2.30. The standard InChI is InChI=1S/C28H23Cl2N9O6/c1-43-27(41)20-13-45-23(34-20)12-19(26-35-24(25(30)36-26)15-3-7-18(8-4-15)32-28(42)44-2)33-22(40)10-5-16-11-17(29)6-9-21(16)39-14-31-37-38-39/h3-11,13-14,19H,12H2,1-2H3,(H,32,42)(H,33,40)(H,35,36)/b10-5+. The van der Waals surface area contributed by atoms with Crippen LogP contribution in [-0.4, -0.2) is 67.3 Å². The van der Waals surface area contributed by atoms with Crippen LogP contribution < -0.4 is 10.6 Å². The number of nitrogens with zero attached hydrogens (tertiary/aromatic N) is 6. The Balaban J connectivity index is 1.41. The molecule has 0 spiro atoms. The number of anilines is 1. The fraction of sp³-hybridized carbons (Fsp3) is 0.143. The Hall–Kier alpha value is -5.54. The number of amides is 2. The maximum Gasteiger partial charge on any atom is 0.411 e. The van der Waals surface area contributed by atoms with Crippen molar-refractivity contribution in [2.45, 2.75) is 12.5 Å². The number of H-pyrrole nitrogens is 1. The van der Waals surface area contributed by atoms with Crippen molar-refractivity contribution in [3.8, 4) is 16.9 Å². The number of carbonyl (C=O) groups is 3. The van der Waals surface area contributed by atoms with E-state index < -0.39 is 24.0 Å². The predicted molar refractivity (Wildman–Crippen MR) is 161 cm³/mol. The number of benzene rings is 2. The number of carbonyl (C=O) groups excluding carboxylic acids is 3. The van der Waals surface area contributed by atoms with E-state index >= 15 is 0 Å². The van der Waals surface area contributed by atoms with Crippen molar-refractivity contribution in [1.82, 2.24) is 40.5 Å². The number of hydrogen-bond donors (Lipinski definition) is 3. The second-order valence-corrected chi connectivity index (χ2v) is 9.95. The summed E-state index contributed by atoms with van der Waals surface area (Å²) >= 11 is 12.7. The number of oxazole rings is 1. The monoisotopic (exact) mass is 651 g/mol. The van der Waals surface area contributed by atoms with Gasteiger partial charge in [-0.3, -0.25) is 10.1 Å². The second kappa shape index (κ2) is 13.8. The fourth-order valence-corrected chi connectivity index (χ4v) is 4.56. The number of aromatic amines is 1. The van der Waals surface area contributed by atoms with Gasteiger partial charge in [0, 0.05) is 27.9 Å². The molecule has 5 aromatic rings. The van der Waals surface area contributed by atoms with Crippen LogP contribution in [0.4, 0.5) is 10.5 Å². The van der Waals surface area contributed by atoms with Gasteiger partial charge in [-0.1, -0.05) is 35.3 Å². The zero-order chi connectivity index (χ0) is 31.9. The van der Waals surface area contributed by atoms with Crippen molar-refractivity contribution in [2.75, 3.05) is 19.5 Å². The van der Waals surface area contributed by atoms with E-state index in [1.54, 1.807) is 48.5 Å². The molecule has 1 atom stereocenters. The SMILES string of the molecule is COC(=O)Nc1ccc(-c2[nH]c(C(Cc3nc(C(=O)OC)co3)NC(=O)/C=C/c3cc(Cl)ccc3-n3cnnn3)nc2Cl)cc1. The highest BCUT2D eigenvalue weighted by molar-refractivity contribution is 6.32. The number of imidazole rings is 1. The van der Waals surface area contributed by atoms with E-state index in [4.69, 9.17) is 32.4 Å². The van der Waals surface area contributed by atoms with Gasteiger partial charge in [0.05, 0.1) is 38.1 Å². The molecule has 0 fully saturated rings. The summed E-state index contributed by atoms with van der Waals surface area (Å²) < 4.78 is 16.2. The lowest BCUT2D eigenvalue weighted by Gasteiger charge is -2.14. The first-order valence-corrected chi connectivity index (χ1v) is 13.7. The summed E-state index contributed by atoms with van der Waals surface area (Å²) in [6.07, 6.45) is 4.82. The molecule has 3 N–H and O–H groups in total. The van der Waals surface area contributed by atoms with Crippen LogP contribution in [0.25, 0.3) is 23.0 Å². The minimum absolute atomic E-state index is 0.00507. The Kier molecular flexibility index (Phi) is 9.50. The van der Waals surface area contributed by atoms with E-state index in [2.05, 4.69) is 45.8 Å². The molecule has 230 valence electrons. The predicted octanol–water partition coefficient (Wildman–Crippen LogP) is 4.43. The zero-order valence-electron chi connectivity index (χ0n) is 23.5. The van der Waals surface area contributed by atoms with Gasteiger partial charge in [-0.2, -0.15) is 4.68 Å². The average Bonchev–Trinajstić information content (AvgIpc) is 3.82. The van der Waals surface area contributed by atoms with Crippen LogP contribution in [0.1, 0.15) is 33.8 Å². The van der Waals surface area contributed by atoms with Crippen LogP contribution in [0.5, 0.6) is 0 Å². The Labute approximate surface area is 264 Å². The third-order valence-corrected chi connectivity index (χ3v) is 6.76. The number of nitrogens with one attached hydrogen (secondary N) is 3. The molecule has 0 radical (unpaired) electrons. The van der Waals surface area contributed by atoms with Crippen LogP contribution in [-0.2, 0) is 20.7 Å². The normalized spacial score (nSPS) is 11.7. The van der Waals surface area contributed by atoms with Gasteiger partial charge in [0.1, 0.15) is 18.4 Å². The molecule has 2 aromatic carbocycles. The van der Waals surface area contributed by atoms with E-state index in [0.717, 1.165) is 6.26 Å². The van der Waals surface area contributed by atoms with Crippen LogP contribution >= 0.6 is 23.2 Å². The fourth-order valence-electron chi connectivity index (χ4n) is 4.13. The van der Waals surface area contributed by atoms with E-state index in [1.165, 1.54) is 31.3 Å². The van der Waals surface area contributed by atoms with Crippen molar-refractivity contribution in [2.24, 2.45) is 0 Å². The van der Waals surface area contributed by atoms with Gasteiger partial charge in [-0.25, -0.2) is 19.6 Å². The summed E-state index contributed by atoms with van der Waals surface area (Å²) in [5.41, 5.74) is 2.75. The van der Waals surface area contributed by atoms with E-state index in [-0.39, 0.29) is 29.0 Å². The highest BCUT2D eigenvalue weighted by atomic mass is 35.5. The van der Waals surface area contributed by atoms with Crippen molar-refractivity contribution in [3.63, 3.8) is 0 Å². The molecule has 0 saturated heterocycles. The molecule has 15 nitrogen and oxygen atoms in total. The third kappa shape index (κ3) is 7.52. The number of esters is 1. The number of ether oxygens (including phenoxy) is 2. The topological polar surface area (TPSA) is 192 Å². The molecule has 1 unspecified atom stereocenters. The van der Waals surface area contributed by atoms with Gasteiger partial charge in [0.2, 0.25) is 5.91 Å². The number of tetrazole rings is 1. The maximum absolute atomic E-state index is 13.2. The molecule has 3 aromatic heterocycles. The van der Waals surface area contributed by atoms with Crippen molar-refractivity contribution in [3.05, 3.63) is 94.3 Å². The summed E-state index contributed by atoms with van der Waals surface area (Å²) in [5.74, 6) is -0.771. The van der Waals surface area contributed by atoms with Crippen LogP contribution in [0.2, 0.25) is 10.2 Å². The number of rotatable bonds is 10. The van der Waals surface area contributed by atoms with Crippen molar-refractivity contribution < 1.29 is 28.3 Å². The molecule has 3 heterocycles. The van der Waals surface area contributed by atoms with Gasteiger partial charge < -0.3 is 24.2 Å². The van der Waals surface area contributed by atoms with Crippen LogP contribution in [0.15, 0.2) is 65.5 Å². The van der Waals surface area contributed by atoms with Crippen molar-refractivity contribution in [1.29, 1.82) is 0 Å². The molecule has 0 aliphatic rings. The first-order valence-electron chi connectivity index (χ1n) is 13.0. The molecule has 17 heteroatoms. The average molecular weight is 652 g/mol. The van der Waals surface area contributed by atoms with Crippen LogP contribution in [0, 0.1) is 0 Å². The second-order valence-electron chi connectivity index (χ2n) is 9.16. The van der Waals surface area contributed by atoms with Gasteiger partial charge in [-0.05, 0) is 46.8 Å². The number of halogens is 2. The van der Waals surface area contributed by atoms with E-state index in [0.29, 0.717) is 33.2 Å². The molecular formula is C28H23Cl2N9O6. The molecular weight excluding hydrogens is 629 g/mol. The first kappa shape index (κ1) is 30.9. The maximum atomic E-state index is 13.2. The Morgan fingerprint density at radius 3 is 2.60 bits per heavy atom. The van der Waals surface area contributed by atoms with Gasteiger partial charge >= 0.3 is 12.1 Å². The molecule has 2 amide bonds. The first-order chi connectivity index (χ1) is 21.7. The van der Waals surface area contributed by atoms with Crippen LogP contribution in [0.3, 0.4) is 0 Å². The smallest absolute Gasteiger partial charge is 0.411 e. The van der Waals surface area contributed by atoms with E-state index in [9.17, 15) is 14.4 Å². The lowest BCUT2D eigenvalue weighted by atomic mass is 10.1. The molecule has 5 rings (SSSR count).